The molecule has 1 saturated heterocycles. The number of hydrogen-bond donors (Lipinski definition) is 1. The molecule has 0 atom stereocenters. The number of amides is 1. The average Bonchev–Trinajstić information content (AvgIpc) is 2.90. The van der Waals surface area contributed by atoms with Crippen LogP contribution in [-0.2, 0) is 24.8 Å². The Balaban J connectivity index is 1.42. The number of anilines is 2. The molecule has 2 aliphatic heterocycles. The predicted molar refractivity (Wildman–Crippen MR) is 143 cm³/mol. The molecule has 1 fully saturated rings. The first kappa shape index (κ1) is 28.0. The fraction of sp³-hybridized carbons (Fsp3) is 0.480. The third kappa shape index (κ3) is 6.51. The van der Waals surface area contributed by atoms with Crippen LogP contribution < -0.4 is 23.8 Å². The van der Waals surface area contributed by atoms with E-state index in [0.29, 0.717) is 49.2 Å². The van der Waals surface area contributed by atoms with Crippen molar-refractivity contribution in [1.82, 2.24) is 4.31 Å². The number of benzene rings is 2. The largest absolute Gasteiger partial charge is 0.495 e. The monoisotopic (exact) mass is 567 g/mol. The summed E-state index contributed by atoms with van der Waals surface area (Å²) in [5.74, 6) is 0.854. The molecular weight excluding hydrogens is 534 g/mol. The summed E-state index contributed by atoms with van der Waals surface area (Å²) in [5.41, 5.74) is 0.734. The number of piperidine rings is 1. The van der Waals surface area contributed by atoms with Crippen LogP contribution in [0.15, 0.2) is 41.3 Å². The van der Waals surface area contributed by atoms with Crippen LogP contribution in [0, 0.1) is 0 Å². The van der Waals surface area contributed by atoms with Gasteiger partial charge in [0.05, 0.1) is 19.1 Å². The third-order valence-electron chi connectivity index (χ3n) is 6.36. The molecule has 0 aliphatic carbocycles. The van der Waals surface area contributed by atoms with Crippen LogP contribution in [0.1, 0.15) is 32.1 Å². The summed E-state index contributed by atoms with van der Waals surface area (Å²) < 4.78 is 70.4. The summed E-state index contributed by atoms with van der Waals surface area (Å²) in [6.45, 7) is 1.77. The molecule has 38 heavy (non-hydrogen) atoms. The normalized spacial score (nSPS) is 16.1. The van der Waals surface area contributed by atoms with Gasteiger partial charge in [-0.15, -0.1) is 0 Å². The second kappa shape index (κ2) is 11.8. The molecule has 2 aromatic carbocycles. The standard InChI is InChI=1S/C25H33N3O8S2/c1-34-22-10-8-19(17-24(22)38(32,33)27-12-4-3-5-13-27)26-25(29)7-6-14-28(37(2,30)31)20-9-11-21-23(18-20)36-16-15-35-21/h8-11,17-18H,3-7,12-16H2,1-2H3,(H,26,29). The number of methoxy groups -OCH3 is 1. The van der Waals surface area contributed by atoms with Crippen molar-refractivity contribution in [2.75, 3.05) is 55.8 Å². The average molecular weight is 568 g/mol. The van der Waals surface area contributed by atoms with E-state index in [1.54, 1.807) is 24.3 Å². The van der Waals surface area contributed by atoms with Crippen molar-refractivity contribution in [2.45, 2.75) is 37.0 Å². The number of ether oxygens (including phenoxy) is 3. The van der Waals surface area contributed by atoms with Gasteiger partial charge in [0.1, 0.15) is 23.9 Å². The van der Waals surface area contributed by atoms with Gasteiger partial charge in [0.15, 0.2) is 11.5 Å². The summed E-state index contributed by atoms with van der Waals surface area (Å²) in [6.07, 6.45) is 3.96. The summed E-state index contributed by atoms with van der Waals surface area (Å²) in [7, 11) is -6.00. The Bertz CT molecular complexity index is 1370. The number of fused-ring (bicyclic) bond motifs is 1. The minimum absolute atomic E-state index is 0.00144. The summed E-state index contributed by atoms with van der Waals surface area (Å²) in [5, 5.41) is 2.72. The van der Waals surface area contributed by atoms with Gasteiger partial charge in [-0.3, -0.25) is 9.10 Å². The van der Waals surface area contributed by atoms with Crippen molar-refractivity contribution in [3.05, 3.63) is 36.4 Å². The van der Waals surface area contributed by atoms with Crippen molar-refractivity contribution in [3.8, 4) is 17.2 Å². The van der Waals surface area contributed by atoms with E-state index < -0.39 is 20.0 Å². The first-order chi connectivity index (χ1) is 18.1. The predicted octanol–water partition coefficient (Wildman–Crippen LogP) is 2.83. The number of carbonyl (C=O) groups is 1. The minimum atomic E-state index is -3.78. The maximum absolute atomic E-state index is 13.2. The van der Waals surface area contributed by atoms with Crippen LogP contribution in [0.3, 0.4) is 0 Å². The van der Waals surface area contributed by atoms with Crippen LogP contribution in [0.2, 0.25) is 0 Å². The lowest BCUT2D eigenvalue weighted by Gasteiger charge is -2.26. The molecule has 1 N–H and O–H groups in total. The number of rotatable bonds is 10. The first-order valence-corrected chi connectivity index (χ1v) is 15.7. The molecule has 0 unspecified atom stereocenters. The molecule has 0 bridgehead atoms. The molecule has 2 aliphatic rings. The maximum atomic E-state index is 13.2. The molecule has 0 aromatic heterocycles. The van der Waals surface area contributed by atoms with Gasteiger partial charge < -0.3 is 19.5 Å². The first-order valence-electron chi connectivity index (χ1n) is 12.4. The van der Waals surface area contributed by atoms with E-state index in [1.165, 1.54) is 27.9 Å². The number of hydrogen-bond acceptors (Lipinski definition) is 8. The highest BCUT2D eigenvalue weighted by molar-refractivity contribution is 7.92. The van der Waals surface area contributed by atoms with Crippen LogP contribution in [-0.4, -0.2) is 73.3 Å². The Hall–Kier alpha value is -3.03. The zero-order valence-corrected chi connectivity index (χ0v) is 23.1. The van der Waals surface area contributed by atoms with Gasteiger partial charge in [-0.2, -0.15) is 4.31 Å². The van der Waals surface area contributed by atoms with Gasteiger partial charge in [-0.05, 0) is 49.6 Å². The van der Waals surface area contributed by atoms with Crippen LogP contribution in [0.25, 0.3) is 0 Å². The molecule has 2 heterocycles. The molecule has 0 radical (unpaired) electrons. The Labute approximate surface area is 223 Å². The number of sulfonamides is 2. The fourth-order valence-corrected chi connectivity index (χ4v) is 7.14. The molecule has 208 valence electrons. The van der Waals surface area contributed by atoms with Crippen molar-refractivity contribution >= 4 is 37.3 Å². The Morgan fingerprint density at radius 2 is 1.71 bits per heavy atom. The Kier molecular flexibility index (Phi) is 8.68. The number of carbonyl (C=O) groups excluding carboxylic acids is 1. The van der Waals surface area contributed by atoms with Gasteiger partial charge in [-0.1, -0.05) is 6.42 Å². The molecule has 1 amide bonds. The second-order valence-corrected chi connectivity index (χ2v) is 13.0. The zero-order chi connectivity index (χ0) is 27.3. The van der Waals surface area contributed by atoms with E-state index in [-0.39, 0.29) is 35.9 Å². The molecule has 13 heteroatoms. The van der Waals surface area contributed by atoms with Gasteiger partial charge in [0, 0.05) is 37.8 Å². The molecule has 2 aromatic rings. The second-order valence-electron chi connectivity index (χ2n) is 9.15. The smallest absolute Gasteiger partial charge is 0.246 e. The van der Waals surface area contributed by atoms with E-state index in [0.717, 1.165) is 25.5 Å². The zero-order valence-electron chi connectivity index (χ0n) is 21.5. The van der Waals surface area contributed by atoms with E-state index in [2.05, 4.69) is 5.32 Å². The molecule has 4 rings (SSSR count). The minimum Gasteiger partial charge on any atom is -0.495 e. The van der Waals surface area contributed by atoms with Crippen LogP contribution >= 0.6 is 0 Å². The molecule has 0 saturated carbocycles. The lowest BCUT2D eigenvalue weighted by molar-refractivity contribution is -0.116. The lowest BCUT2D eigenvalue weighted by Crippen LogP contribution is -2.35. The molecular formula is C25H33N3O8S2. The fourth-order valence-electron chi connectivity index (χ4n) is 4.48. The highest BCUT2D eigenvalue weighted by atomic mass is 32.2. The third-order valence-corrected chi connectivity index (χ3v) is 9.47. The Morgan fingerprint density at radius 1 is 1.00 bits per heavy atom. The number of nitrogens with one attached hydrogen (secondary N) is 1. The molecule has 11 nitrogen and oxygen atoms in total. The maximum Gasteiger partial charge on any atom is 0.246 e. The van der Waals surface area contributed by atoms with Crippen LogP contribution in [0.5, 0.6) is 17.2 Å². The topological polar surface area (TPSA) is 132 Å². The summed E-state index contributed by atoms with van der Waals surface area (Å²) in [4.78, 5) is 12.7. The van der Waals surface area contributed by atoms with Gasteiger partial charge >= 0.3 is 0 Å². The van der Waals surface area contributed by atoms with E-state index in [4.69, 9.17) is 14.2 Å². The highest BCUT2D eigenvalue weighted by Gasteiger charge is 2.29. The lowest BCUT2D eigenvalue weighted by atomic mass is 10.2. The summed E-state index contributed by atoms with van der Waals surface area (Å²) >= 11 is 0. The van der Waals surface area contributed by atoms with E-state index in [9.17, 15) is 21.6 Å². The number of nitrogens with zero attached hydrogens (tertiary/aromatic N) is 2. The van der Waals surface area contributed by atoms with E-state index >= 15 is 0 Å². The summed E-state index contributed by atoms with van der Waals surface area (Å²) in [6, 6.07) is 9.39. The molecule has 0 spiro atoms. The van der Waals surface area contributed by atoms with E-state index in [1.807, 2.05) is 0 Å². The van der Waals surface area contributed by atoms with Gasteiger partial charge in [0.25, 0.3) is 0 Å². The Morgan fingerprint density at radius 3 is 2.39 bits per heavy atom. The SMILES string of the molecule is COc1ccc(NC(=O)CCCN(c2ccc3c(c2)OCCO3)S(C)(=O)=O)cc1S(=O)(=O)N1CCCCC1. The van der Waals surface area contributed by atoms with Gasteiger partial charge in [0.2, 0.25) is 26.0 Å². The van der Waals surface area contributed by atoms with Crippen LogP contribution in [0.4, 0.5) is 11.4 Å². The van der Waals surface area contributed by atoms with Crippen molar-refractivity contribution in [1.29, 1.82) is 0 Å². The van der Waals surface area contributed by atoms with Crippen molar-refractivity contribution in [3.63, 3.8) is 0 Å². The van der Waals surface area contributed by atoms with Crippen molar-refractivity contribution in [2.24, 2.45) is 0 Å². The van der Waals surface area contributed by atoms with Crippen molar-refractivity contribution < 1.29 is 35.8 Å². The van der Waals surface area contributed by atoms with Gasteiger partial charge in [-0.25, -0.2) is 16.8 Å². The highest BCUT2D eigenvalue weighted by Crippen LogP contribution is 2.35. The quantitative estimate of drug-likeness (QED) is 0.464.